The van der Waals surface area contributed by atoms with Gasteiger partial charge in [-0.15, -0.1) is 24.4 Å². The van der Waals surface area contributed by atoms with E-state index in [1.807, 2.05) is 0 Å². The van der Waals surface area contributed by atoms with Crippen molar-refractivity contribution < 1.29 is 20.4 Å². The van der Waals surface area contributed by atoms with Crippen molar-refractivity contribution in [3.63, 3.8) is 0 Å². The van der Waals surface area contributed by atoms with Gasteiger partial charge in [0.15, 0.2) is 0 Å². The Morgan fingerprint density at radius 1 is 0.412 bits per heavy atom. The van der Waals surface area contributed by atoms with Crippen LogP contribution in [0, 0.1) is 7.43 Å². The molecule has 0 rings (SSSR count). The molecule has 0 atom stereocenters. The van der Waals surface area contributed by atoms with Crippen molar-refractivity contribution in [1.82, 2.24) is 0 Å². The maximum Gasteiger partial charge on any atom is 4.00 e. The van der Waals surface area contributed by atoms with Gasteiger partial charge < -0.3 is 20.4 Å². The SMILES string of the molecule is CC(C)[O-].CC(C)[O-].CC(C)[O-].CC(C)[O-].[C+4]. The molecule has 4 nitrogen and oxygen atoms in total. The Hall–Kier alpha value is -0.160. The Morgan fingerprint density at radius 3 is 0.412 bits per heavy atom. The molecule has 0 aliphatic carbocycles. The van der Waals surface area contributed by atoms with E-state index in [1.54, 1.807) is 55.4 Å². The van der Waals surface area contributed by atoms with Crippen LogP contribution in [-0.4, -0.2) is 24.4 Å². The van der Waals surface area contributed by atoms with E-state index in [0.29, 0.717) is 0 Å². The Bertz CT molecular complexity index is 56.4. The Labute approximate surface area is 108 Å². The molecule has 0 spiro atoms. The first-order valence-corrected chi connectivity index (χ1v) is 5.56. The van der Waals surface area contributed by atoms with Crippen molar-refractivity contribution in [2.45, 2.75) is 79.8 Å². The van der Waals surface area contributed by atoms with E-state index in [1.165, 1.54) is 0 Å². The smallest absolute Gasteiger partial charge is 0.852 e. The zero-order valence-corrected chi connectivity index (χ0v) is 12.4. The van der Waals surface area contributed by atoms with Gasteiger partial charge in [-0.2, -0.15) is 0 Å². The van der Waals surface area contributed by atoms with E-state index in [-0.39, 0.29) is 7.43 Å². The molecular formula is C13H28O4. The van der Waals surface area contributed by atoms with Crippen LogP contribution >= 0.6 is 0 Å². The molecule has 0 fully saturated rings. The van der Waals surface area contributed by atoms with Crippen molar-refractivity contribution in [2.24, 2.45) is 0 Å². The number of hydrogen-bond donors (Lipinski definition) is 0. The standard InChI is InChI=1S/4C3H7O.C/c4*1-3(2)4;/h4*3H,1-2H3;/q4*-1;+4. The van der Waals surface area contributed by atoms with Gasteiger partial charge in [0, 0.05) is 0 Å². The monoisotopic (exact) mass is 248 g/mol. The molecule has 0 aromatic carbocycles. The fourth-order valence-corrected chi connectivity index (χ4v) is 0. The summed E-state index contributed by atoms with van der Waals surface area (Å²) in [6, 6.07) is 0. The average molecular weight is 248 g/mol. The van der Waals surface area contributed by atoms with Gasteiger partial charge >= 0.3 is 7.43 Å². The molecule has 0 aliphatic rings. The summed E-state index contributed by atoms with van der Waals surface area (Å²) in [5.74, 6) is 0. The molecule has 0 heterocycles. The molecule has 0 unspecified atom stereocenters. The van der Waals surface area contributed by atoms with Gasteiger partial charge in [0.1, 0.15) is 0 Å². The summed E-state index contributed by atoms with van der Waals surface area (Å²) >= 11 is 0. The topological polar surface area (TPSA) is 92.2 Å². The van der Waals surface area contributed by atoms with Crippen LogP contribution in [0.15, 0.2) is 0 Å². The predicted octanol–water partition coefficient (Wildman–Crippen LogP) is -0.898. The van der Waals surface area contributed by atoms with Gasteiger partial charge in [-0.05, 0) is 0 Å². The van der Waals surface area contributed by atoms with Crippen molar-refractivity contribution >= 4 is 0 Å². The van der Waals surface area contributed by atoms with Crippen LogP contribution < -0.4 is 20.4 Å². The summed E-state index contributed by atoms with van der Waals surface area (Å²) < 4.78 is 0. The van der Waals surface area contributed by atoms with Gasteiger partial charge in [0.05, 0.1) is 0 Å². The summed E-state index contributed by atoms with van der Waals surface area (Å²) in [4.78, 5) is 0. The number of rotatable bonds is 0. The fraction of sp³-hybridized carbons (Fsp3) is 0.923. The van der Waals surface area contributed by atoms with Crippen LogP contribution in [0.25, 0.3) is 0 Å². The molecule has 0 amide bonds. The van der Waals surface area contributed by atoms with E-state index in [0.717, 1.165) is 0 Å². The molecule has 0 aromatic heterocycles. The molecule has 0 saturated heterocycles. The van der Waals surface area contributed by atoms with E-state index < -0.39 is 24.4 Å². The Kier molecular flexibility index (Phi) is 44.1. The first-order chi connectivity index (χ1) is 6.93. The normalized spacial score (nSPS) is 8.47. The second kappa shape index (κ2) is 24.9. The maximum absolute atomic E-state index is 9.53. The Morgan fingerprint density at radius 2 is 0.412 bits per heavy atom. The third-order valence-corrected chi connectivity index (χ3v) is 0. The minimum atomic E-state index is -0.417. The van der Waals surface area contributed by atoms with E-state index >= 15 is 0 Å². The molecule has 4 heteroatoms. The van der Waals surface area contributed by atoms with Gasteiger partial charge in [-0.1, -0.05) is 55.4 Å². The molecule has 0 aliphatic heterocycles. The largest absolute Gasteiger partial charge is 4.00 e. The minimum Gasteiger partial charge on any atom is -0.852 e. The van der Waals surface area contributed by atoms with Crippen molar-refractivity contribution in [3.05, 3.63) is 7.43 Å². The zero-order chi connectivity index (χ0) is 14.3. The second-order valence-electron chi connectivity index (χ2n) is 4.20. The van der Waals surface area contributed by atoms with Crippen molar-refractivity contribution in [2.75, 3.05) is 0 Å². The summed E-state index contributed by atoms with van der Waals surface area (Å²) in [5.41, 5.74) is 0. The first-order valence-electron chi connectivity index (χ1n) is 5.56. The van der Waals surface area contributed by atoms with Crippen LogP contribution in [0.4, 0.5) is 0 Å². The van der Waals surface area contributed by atoms with Crippen LogP contribution in [0.2, 0.25) is 0 Å². The molecule has 17 heavy (non-hydrogen) atoms. The van der Waals surface area contributed by atoms with E-state index in [4.69, 9.17) is 0 Å². The summed E-state index contributed by atoms with van der Waals surface area (Å²) in [6.07, 6.45) is -1.67. The van der Waals surface area contributed by atoms with Crippen molar-refractivity contribution in [1.29, 1.82) is 0 Å². The summed E-state index contributed by atoms with van der Waals surface area (Å²) in [6.45, 7) is 12.9. The molecule has 0 saturated carbocycles. The Balaban J connectivity index is -0.0000000369. The zero-order valence-electron chi connectivity index (χ0n) is 12.4. The molecule has 0 aromatic rings. The molecular weight excluding hydrogens is 220 g/mol. The minimum absolute atomic E-state index is 0. The van der Waals surface area contributed by atoms with Gasteiger partial charge in [0.2, 0.25) is 0 Å². The van der Waals surface area contributed by atoms with Crippen LogP contribution in [0.1, 0.15) is 55.4 Å². The van der Waals surface area contributed by atoms with Gasteiger partial charge in [-0.3, -0.25) is 0 Å². The molecule has 0 N–H and O–H groups in total. The summed E-state index contributed by atoms with van der Waals surface area (Å²) in [5, 5.41) is 38.1. The maximum atomic E-state index is 9.53. The second-order valence-corrected chi connectivity index (χ2v) is 4.20. The van der Waals surface area contributed by atoms with Crippen LogP contribution in [-0.2, 0) is 0 Å². The van der Waals surface area contributed by atoms with Gasteiger partial charge in [0.25, 0.3) is 0 Å². The average Bonchev–Trinajstić information content (AvgIpc) is 1.76. The van der Waals surface area contributed by atoms with Gasteiger partial charge in [-0.25, -0.2) is 0 Å². The third kappa shape index (κ3) is 119000. The van der Waals surface area contributed by atoms with Crippen LogP contribution in [0.3, 0.4) is 0 Å². The number of hydrogen-bond acceptors (Lipinski definition) is 4. The van der Waals surface area contributed by atoms with Crippen molar-refractivity contribution in [3.8, 4) is 0 Å². The molecule has 104 valence electrons. The summed E-state index contributed by atoms with van der Waals surface area (Å²) in [7, 11) is 0. The molecule has 0 radical (unpaired) electrons. The first kappa shape index (κ1) is 30.1. The van der Waals surface area contributed by atoms with Crippen LogP contribution in [0.5, 0.6) is 0 Å². The quantitative estimate of drug-likeness (QED) is 0.555. The fourth-order valence-electron chi connectivity index (χ4n) is 0. The molecule has 0 bridgehead atoms. The third-order valence-electron chi connectivity index (χ3n) is 0. The van der Waals surface area contributed by atoms with E-state index in [9.17, 15) is 20.4 Å². The van der Waals surface area contributed by atoms with E-state index in [2.05, 4.69) is 0 Å². The predicted molar refractivity (Wildman–Crippen MR) is 63.8 cm³/mol.